The molecular weight excluding hydrogens is 356 g/mol. The summed E-state index contributed by atoms with van der Waals surface area (Å²) in [5.74, 6) is 0.657. The molecule has 2 saturated heterocycles. The molecule has 0 aliphatic carbocycles. The second-order valence-corrected chi connectivity index (χ2v) is 7.32. The minimum absolute atomic E-state index is 0.0176. The highest BCUT2D eigenvalue weighted by Gasteiger charge is 2.37. The molecule has 2 aliphatic heterocycles. The molecule has 3 unspecified atom stereocenters. The molecular formula is C17H25BrN4O. The maximum Gasteiger partial charge on any atom is 0.224 e. The van der Waals surface area contributed by atoms with Crippen molar-refractivity contribution in [3.8, 4) is 0 Å². The largest absolute Gasteiger partial charge is 0.339 e. The molecule has 1 amide bonds. The van der Waals surface area contributed by atoms with Gasteiger partial charge >= 0.3 is 0 Å². The number of amides is 1. The third-order valence-electron chi connectivity index (χ3n) is 4.96. The van der Waals surface area contributed by atoms with Gasteiger partial charge in [-0.3, -0.25) is 4.79 Å². The number of carbonyl (C=O) groups is 1. The predicted molar refractivity (Wildman–Crippen MR) is 94.5 cm³/mol. The van der Waals surface area contributed by atoms with Crippen LogP contribution in [0.1, 0.15) is 37.8 Å². The van der Waals surface area contributed by atoms with Gasteiger partial charge in [0.2, 0.25) is 5.91 Å². The number of hydrogen-bond donors (Lipinski definition) is 4. The van der Waals surface area contributed by atoms with Gasteiger partial charge < -0.3 is 10.6 Å². The van der Waals surface area contributed by atoms with Crippen LogP contribution in [0.2, 0.25) is 0 Å². The second-order valence-electron chi connectivity index (χ2n) is 6.40. The van der Waals surface area contributed by atoms with Crippen LogP contribution in [0.15, 0.2) is 28.7 Å². The smallest absolute Gasteiger partial charge is 0.224 e. The van der Waals surface area contributed by atoms with Crippen molar-refractivity contribution in [2.75, 3.05) is 13.1 Å². The predicted octanol–water partition coefficient (Wildman–Crippen LogP) is 2.07. The SMILES string of the molecule is CCC1C(NC(=O)C2CCNCC2)NNC1c1ccc(Br)cc1. The topological polar surface area (TPSA) is 65.2 Å². The molecule has 5 nitrogen and oxygen atoms in total. The molecule has 0 spiro atoms. The van der Waals surface area contributed by atoms with E-state index in [0.717, 1.165) is 36.8 Å². The molecule has 126 valence electrons. The zero-order chi connectivity index (χ0) is 16.2. The van der Waals surface area contributed by atoms with Crippen molar-refractivity contribution in [1.82, 2.24) is 21.5 Å². The van der Waals surface area contributed by atoms with Crippen molar-refractivity contribution in [2.24, 2.45) is 11.8 Å². The van der Waals surface area contributed by atoms with Gasteiger partial charge in [0.25, 0.3) is 0 Å². The van der Waals surface area contributed by atoms with E-state index in [1.807, 2.05) is 0 Å². The van der Waals surface area contributed by atoms with E-state index in [0.29, 0.717) is 5.92 Å². The molecule has 0 bridgehead atoms. The summed E-state index contributed by atoms with van der Waals surface area (Å²) in [6.45, 7) is 4.05. The molecule has 23 heavy (non-hydrogen) atoms. The first kappa shape index (κ1) is 16.9. The number of hydrazine groups is 1. The van der Waals surface area contributed by atoms with Crippen LogP contribution in [0, 0.1) is 11.8 Å². The van der Waals surface area contributed by atoms with Crippen molar-refractivity contribution in [1.29, 1.82) is 0 Å². The van der Waals surface area contributed by atoms with Gasteiger partial charge in [0, 0.05) is 16.3 Å². The van der Waals surface area contributed by atoms with Crippen LogP contribution >= 0.6 is 15.9 Å². The summed E-state index contributed by atoms with van der Waals surface area (Å²) in [6, 6.07) is 8.59. The Labute approximate surface area is 146 Å². The summed E-state index contributed by atoms with van der Waals surface area (Å²) in [6.07, 6.45) is 2.84. The van der Waals surface area contributed by atoms with Crippen molar-refractivity contribution in [3.05, 3.63) is 34.3 Å². The number of piperidine rings is 1. The highest BCUT2D eigenvalue weighted by Crippen LogP contribution is 2.31. The minimum atomic E-state index is -0.0176. The minimum Gasteiger partial charge on any atom is -0.339 e. The molecule has 6 heteroatoms. The Bertz CT molecular complexity index is 530. The number of benzene rings is 1. The summed E-state index contributed by atoms with van der Waals surface area (Å²) in [7, 11) is 0. The lowest BCUT2D eigenvalue weighted by atomic mass is 9.90. The van der Waals surface area contributed by atoms with E-state index >= 15 is 0 Å². The van der Waals surface area contributed by atoms with Crippen LogP contribution in [-0.4, -0.2) is 25.2 Å². The quantitative estimate of drug-likeness (QED) is 0.645. The standard InChI is InChI=1S/C17H25BrN4O/c1-2-14-15(11-3-5-13(18)6-4-11)21-22-16(14)20-17(23)12-7-9-19-10-8-12/h3-6,12,14-16,19,21-22H,2,7-10H2,1H3,(H,20,23). The maximum atomic E-state index is 12.5. The Balaban J connectivity index is 1.64. The number of carbonyl (C=O) groups excluding carboxylic acids is 1. The van der Waals surface area contributed by atoms with Gasteiger partial charge in [-0.2, -0.15) is 0 Å². The van der Waals surface area contributed by atoms with E-state index < -0.39 is 0 Å². The van der Waals surface area contributed by atoms with Crippen LogP contribution in [0.4, 0.5) is 0 Å². The fraction of sp³-hybridized carbons (Fsp3) is 0.588. The lowest BCUT2D eigenvalue weighted by molar-refractivity contribution is -0.126. The lowest BCUT2D eigenvalue weighted by Gasteiger charge is -2.26. The van der Waals surface area contributed by atoms with E-state index in [2.05, 4.69) is 68.6 Å². The molecule has 1 aromatic rings. The second kappa shape index (κ2) is 7.75. The molecule has 2 heterocycles. The van der Waals surface area contributed by atoms with Crippen molar-refractivity contribution in [2.45, 2.75) is 38.4 Å². The van der Waals surface area contributed by atoms with Gasteiger partial charge in [0.1, 0.15) is 0 Å². The first-order valence-corrected chi connectivity index (χ1v) is 9.26. The van der Waals surface area contributed by atoms with E-state index in [1.54, 1.807) is 0 Å². The Kier molecular flexibility index (Phi) is 5.69. The van der Waals surface area contributed by atoms with Gasteiger partial charge in [-0.05, 0) is 50.0 Å². The molecule has 0 saturated carbocycles. The Morgan fingerprint density at radius 3 is 2.57 bits per heavy atom. The van der Waals surface area contributed by atoms with Crippen LogP contribution in [-0.2, 0) is 4.79 Å². The van der Waals surface area contributed by atoms with Gasteiger partial charge in [-0.25, -0.2) is 10.9 Å². The van der Waals surface area contributed by atoms with Crippen molar-refractivity contribution >= 4 is 21.8 Å². The summed E-state index contributed by atoms with van der Waals surface area (Å²) < 4.78 is 1.08. The molecule has 2 fully saturated rings. The molecule has 0 aromatic heterocycles. The molecule has 4 N–H and O–H groups in total. The summed E-state index contributed by atoms with van der Waals surface area (Å²) in [5, 5.41) is 6.52. The average molecular weight is 381 g/mol. The summed E-state index contributed by atoms with van der Waals surface area (Å²) >= 11 is 3.48. The Morgan fingerprint density at radius 1 is 1.22 bits per heavy atom. The van der Waals surface area contributed by atoms with E-state index in [9.17, 15) is 4.79 Å². The van der Waals surface area contributed by atoms with Crippen LogP contribution in [0.5, 0.6) is 0 Å². The fourth-order valence-electron chi connectivity index (χ4n) is 3.56. The molecule has 2 aliphatic rings. The fourth-order valence-corrected chi connectivity index (χ4v) is 3.82. The number of hydrogen-bond acceptors (Lipinski definition) is 4. The van der Waals surface area contributed by atoms with Crippen LogP contribution in [0.3, 0.4) is 0 Å². The van der Waals surface area contributed by atoms with Crippen LogP contribution < -0.4 is 21.5 Å². The first-order valence-electron chi connectivity index (χ1n) is 8.46. The molecule has 3 rings (SSSR count). The highest BCUT2D eigenvalue weighted by atomic mass is 79.9. The zero-order valence-corrected chi connectivity index (χ0v) is 15.0. The van der Waals surface area contributed by atoms with Crippen molar-refractivity contribution in [3.63, 3.8) is 0 Å². The highest BCUT2D eigenvalue weighted by molar-refractivity contribution is 9.10. The normalized spacial score (nSPS) is 28.7. The Morgan fingerprint density at radius 2 is 1.91 bits per heavy atom. The molecule has 0 radical (unpaired) electrons. The average Bonchev–Trinajstić information content (AvgIpc) is 2.99. The van der Waals surface area contributed by atoms with Gasteiger partial charge in [0.05, 0.1) is 12.2 Å². The Hall–Kier alpha value is -0.950. The third kappa shape index (κ3) is 3.94. The third-order valence-corrected chi connectivity index (χ3v) is 5.49. The molecule has 3 atom stereocenters. The van der Waals surface area contributed by atoms with Gasteiger partial charge in [0.15, 0.2) is 0 Å². The van der Waals surface area contributed by atoms with E-state index in [4.69, 9.17) is 0 Å². The monoisotopic (exact) mass is 380 g/mol. The van der Waals surface area contributed by atoms with E-state index in [1.165, 1.54) is 5.56 Å². The summed E-state index contributed by atoms with van der Waals surface area (Å²) in [4.78, 5) is 12.5. The maximum absolute atomic E-state index is 12.5. The van der Waals surface area contributed by atoms with Gasteiger partial charge in [-0.1, -0.05) is 35.0 Å². The number of rotatable bonds is 4. The number of nitrogens with one attached hydrogen (secondary N) is 4. The van der Waals surface area contributed by atoms with Crippen LogP contribution in [0.25, 0.3) is 0 Å². The summed E-state index contributed by atoms with van der Waals surface area (Å²) in [5.41, 5.74) is 7.88. The number of halogens is 1. The lowest BCUT2D eigenvalue weighted by Crippen LogP contribution is -2.50. The van der Waals surface area contributed by atoms with Crippen molar-refractivity contribution < 1.29 is 4.79 Å². The first-order chi connectivity index (χ1) is 11.2. The molecule has 1 aromatic carbocycles. The zero-order valence-electron chi connectivity index (χ0n) is 13.4. The van der Waals surface area contributed by atoms with Gasteiger partial charge in [-0.15, -0.1) is 0 Å². The van der Waals surface area contributed by atoms with E-state index in [-0.39, 0.29) is 24.0 Å².